The molecule has 2 heterocycles. The summed E-state index contributed by atoms with van der Waals surface area (Å²) in [5.74, 6) is 0. The smallest absolute Gasteiger partial charge is 0.258 e. The van der Waals surface area contributed by atoms with E-state index in [-0.39, 0.29) is 5.69 Å². The summed E-state index contributed by atoms with van der Waals surface area (Å²) < 4.78 is 0. The van der Waals surface area contributed by atoms with Crippen LogP contribution in [0.1, 0.15) is 0 Å². The van der Waals surface area contributed by atoms with Crippen LogP contribution < -0.4 is 0 Å². The summed E-state index contributed by atoms with van der Waals surface area (Å²) in [6.45, 7) is 0. The predicted molar refractivity (Wildman–Crippen MR) is 70.1 cm³/mol. The van der Waals surface area contributed by atoms with Gasteiger partial charge in [-0.25, -0.2) is 4.98 Å². The Balaban J connectivity index is 2.31. The van der Waals surface area contributed by atoms with Gasteiger partial charge in [-0.2, -0.15) is 0 Å². The minimum absolute atomic E-state index is 0.0157. The maximum absolute atomic E-state index is 11.1. The summed E-state index contributed by atoms with van der Waals surface area (Å²) in [7, 11) is 0. The van der Waals surface area contributed by atoms with Crippen LogP contribution in [0.3, 0.4) is 0 Å². The highest BCUT2D eigenvalue weighted by Crippen LogP contribution is 2.46. The summed E-state index contributed by atoms with van der Waals surface area (Å²) in [6.07, 6.45) is 0. The van der Waals surface area contributed by atoms with Crippen molar-refractivity contribution in [3.63, 3.8) is 0 Å². The molecule has 0 atom stereocenters. The Bertz CT molecular complexity index is 902. The fourth-order valence-electron chi connectivity index (χ4n) is 2.38. The van der Waals surface area contributed by atoms with Gasteiger partial charge in [-0.1, -0.05) is 18.2 Å². The van der Waals surface area contributed by atoms with E-state index in [0.717, 1.165) is 5.39 Å². The molecule has 1 aliphatic rings. The minimum atomic E-state index is -0.428. The molecular weight excluding hydrogens is 244 g/mol. The van der Waals surface area contributed by atoms with Gasteiger partial charge in [0.2, 0.25) is 0 Å². The van der Waals surface area contributed by atoms with Crippen molar-refractivity contribution >= 4 is 38.9 Å². The quantitative estimate of drug-likeness (QED) is 0.290. The molecule has 6 heteroatoms. The Hall–Kier alpha value is -2.89. The molecule has 2 aromatic carbocycles. The third kappa shape index (κ3) is 1.22. The Morgan fingerprint density at radius 1 is 1.05 bits per heavy atom. The Morgan fingerprint density at radius 2 is 1.89 bits per heavy atom. The predicted octanol–water partition coefficient (Wildman–Crippen LogP) is 4.03. The fourth-order valence-corrected chi connectivity index (χ4v) is 2.38. The van der Waals surface area contributed by atoms with Crippen molar-refractivity contribution in [2.75, 3.05) is 0 Å². The first kappa shape index (κ1) is 10.1. The standard InChI is InChI=1S/C13H6N4O2/c18-17(19)10-6-5-9-11-12(16-15-9)7-3-1-2-4-8(7)14-13(10)11/h1-6H. The number of nitrogens with zero attached hydrogens (tertiary/aromatic N) is 4. The van der Waals surface area contributed by atoms with Crippen LogP contribution in [0.25, 0.3) is 21.8 Å². The molecule has 0 amide bonds. The van der Waals surface area contributed by atoms with Gasteiger partial charge in [-0.15, -0.1) is 10.2 Å². The van der Waals surface area contributed by atoms with Crippen LogP contribution in [0.4, 0.5) is 17.1 Å². The number of para-hydroxylation sites is 1. The monoisotopic (exact) mass is 250 g/mol. The van der Waals surface area contributed by atoms with Crippen LogP contribution in [0.2, 0.25) is 0 Å². The summed E-state index contributed by atoms with van der Waals surface area (Å²) >= 11 is 0. The largest absolute Gasteiger partial charge is 0.295 e. The lowest BCUT2D eigenvalue weighted by atomic mass is 10.1. The molecule has 0 saturated carbocycles. The van der Waals surface area contributed by atoms with Crippen molar-refractivity contribution in [3.05, 3.63) is 46.5 Å². The second-order valence-electron chi connectivity index (χ2n) is 4.26. The van der Waals surface area contributed by atoms with E-state index in [1.807, 2.05) is 24.3 Å². The van der Waals surface area contributed by atoms with Gasteiger partial charge in [0.15, 0.2) is 5.52 Å². The lowest BCUT2D eigenvalue weighted by molar-refractivity contribution is -0.383. The van der Waals surface area contributed by atoms with Crippen molar-refractivity contribution in [3.8, 4) is 0 Å². The van der Waals surface area contributed by atoms with Crippen molar-refractivity contribution in [1.82, 2.24) is 4.98 Å². The minimum Gasteiger partial charge on any atom is -0.258 e. The van der Waals surface area contributed by atoms with E-state index in [2.05, 4.69) is 15.2 Å². The highest BCUT2D eigenvalue weighted by Gasteiger charge is 2.23. The van der Waals surface area contributed by atoms with E-state index in [9.17, 15) is 10.1 Å². The van der Waals surface area contributed by atoms with Crippen molar-refractivity contribution in [2.45, 2.75) is 0 Å². The number of nitro benzene ring substituents is 1. The molecule has 19 heavy (non-hydrogen) atoms. The maximum atomic E-state index is 11.1. The van der Waals surface area contributed by atoms with Crippen LogP contribution >= 0.6 is 0 Å². The van der Waals surface area contributed by atoms with Gasteiger partial charge in [0.1, 0.15) is 5.69 Å². The Morgan fingerprint density at radius 3 is 2.74 bits per heavy atom. The molecule has 0 fully saturated rings. The molecule has 0 unspecified atom stereocenters. The van der Waals surface area contributed by atoms with Gasteiger partial charge >= 0.3 is 0 Å². The third-order valence-electron chi connectivity index (χ3n) is 3.22. The number of fused-ring (bicyclic) bond motifs is 2. The van der Waals surface area contributed by atoms with E-state index < -0.39 is 4.92 Å². The van der Waals surface area contributed by atoms with Gasteiger partial charge in [-0.05, 0) is 12.1 Å². The fraction of sp³-hybridized carbons (Fsp3) is 0. The number of pyridine rings is 1. The lowest BCUT2D eigenvalue weighted by Crippen LogP contribution is -1.92. The second kappa shape index (κ2) is 3.32. The molecular formula is C13H6N4O2. The van der Waals surface area contributed by atoms with E-state index in [4.69, 9.17) is 0 Å². The zero-order valence-corrected chi connectivity index (χ0v) is 9.57. The first-order valence-corrected chi connectivity index (χ1v) is 5.67. The van der Waals surface area contributed by atoms with Crippen LogP contribution in [-0.4, -0.2) is 9.91 Å². The van der Waals surface area contributed by atoms with Crippen molar-refractivity contribution < 1.29 is 4.92 Å². The van der Waals surface area contributed by atoms with E-state index in [0.29, 0.717) is 27.8 Å². The zero-order chi connectivity index (χ0) is 13.0. The van der Waals surface area contributed by atoms with E-state index in [1.54, 1.807) is 6.07 Å². The van der Waals surface area contributed by atoms with Crippen LogP contribution in [0.15, 0.2) is 46.6 Å². The number of nitro groups is 1. The maximum Gasteiger partial charge on any atom is 0.295 e. The average Bonchev–Trinajstić information content (AvgIpc) is 2.84. The number of azo groups is 1. The SMILES string of the molecule is O=[N+]([O-])c1ccc2c3c(c4ccccc4nc13)N=N2. The van der Waals surface area contributed by atoms with E-state index >= 15 is 0 Å². The number of non-ortho nitro benzene ring substituents is 1. The number of hydrogen-bond donors (Lipinski definition) is 0. The molecule has 1 aliphatic heterocycles. The molecule has 0 saturated heterocycles. The summed E-state index contributed by atoms with van der Waals surface area (Å²) in [5, 5.41) is 20.8. The first-order chi connectivity index (χ1) is 9.25. The molecule has 3 aromatic rings. The zero-order valence-electron chi connectivity index (χ0n) is 9.57. The number of hydrogen-bond acceptors (Lipinski definition) is 5. The number of rotatable bonds is 1. The molecule has 90 valence electrons. The lowest BCUT2D eigenvalue weighted by Gasteiger charge is -2.03. The van der Waals surface area contributed by atoms with Crippen LogP contribution in [0, 0.1) is 10.1 Å². The summed E-state index contributed by atoms with van der Waals surface area (Å²) in [6, 6.07) is 10.5. The van der Waals surface area contributed by atoms with Crippen molar-refractivity contribution in [1.29, 1.82) is 0 Å². The van der Waals surface area contributed by atoms with Gasteiger partial charge in [0, 0.05) is 11.5 Å². The van der Waals surface area contributed by atoms with Gasteiger partial charge in [0.05, 0.1) is 21.5 Å². The second-order valence-corrected chi connectivity index (χ2v) is 4.26. The first-order valence-electron chi connectivity index (χ1n) is 5.67. The number of benzene rings is 2. The molecule has 1 aromatic heterocycles. The highest BCUT2D eigenvalue weighted by molar-refractivity contribution is 6.14. The summed E-state index contributed by atoms with van der Waals surface area (Å²) in [4.78, 5) is 15.1. The highest BCUT2D eigenvalue weighted by atomic mass is 16.6. The molecule has 4 rings (SSSR count). The van der Waals surface area contributed by atoms with Gasteiger partial charge in [0.25, 0.3) is 5.69 Å². The molecule has 0 N–H and O–H groups in total. The molecule has 0 aliphatic carbocycles. The van der Waals surface area contributed by atoms with Gasteiger partial charge < -0.3 is 0 Å². The number of aromatic nitrogens is 1. The average molecular weight is 250 g/mol. The molecule has 0 radical (unpaired) electrons. The van der Waals surface area contributed by atoms with Crippen molar-refractivity contribution in [2.24, 2.45) is 10.2 Å². The topological polar surface area (TPSA) is 80.8 Å². The summed E-state index contributed by atoms with van der Waals surface area (Å²) in [5.41, 5.74) is 2.32. The molecule has 0 spiro atoms. The van der Waals surface area contributed by atoms with Crippen LogP contribution in [0.5, 0.6) is 0 Å². The third-order valence-corrected chi connectivity index (χ3v) is 3.22. The normalized spacial score (nSPS) is 12.4. The molecule has 6 nitrogen and oxygen atoms in total. The Kier molecular flexibility index (Phi) is 1.76. The van der Waals surface area contributed by atoms with Crippen LogP contribution in [-0.2, 0) is 0 Å². The Labute approximate surface area is 106 Å². The van der Waals surface area contributed by atoms with Gasteiger partial charge in [-0.3, -0.25) is 10.1 Å². The molecule has 0 bridgehead atoms. The van der Waals surface area contributed by atoms with E-state index in [1.165, 1.54) is 6.07 Å².